The summed E-state index contributed by atoms with van der Waals surface area (Å²) in [6, 6.07) is 0. The molecule has 1 aromatic rings. The van der Waals surface area contributed by atoms with E-state index in [0.717, 1.165) is 0 Å². The summed E-state index contributed by atoms with van der Waals surface area (Å²) in [6.07, 6.45) is -0.0691. The van der Waals surface area contributed by atoms with Crippen molar-refractivity contribution in [2.45, 2.75) is 6.10 Å². The van der Waals surface area contributed by atoms with Crippen LogP contribution in [0.2, 0.25) is 0 Å². The van der Waals surface area contributed by atoms with Crippen molar-refractivity contribution in [1.82, 2.24) is 9.97 Å². The van der Waals surface area contributed by atoms with E-state index >= 15 is 0 Å². The van der Waals surface area contributed by atoms with Crippen molar-refractivity contribution in [1.29, 1.82) is 0 Å². The number of nitrogens with two attached hydrogens (primary N) is 2. The van der Waals surface area contributed by atoms with Gasteiger partial charge in [-0.1, -0.05) is 0 Å². The van der Waals surface area contributed by atoms with Crippen molar-refractivity contribution in [2.24, 2.45) is 11.6 Å². The van der Waals surface area contributed by atoms with Crippen LogP contribution in [0.5, 0.6) is 5.75 Å². The minimum atomic E-state index is -1.32. The number of carbonyl (C=O) groups is 1. The molecule has 1 heterocycles. The van der Waals surface area contributed by atoms with Gasteiger partial charge in [-0.05, 0) is 0 Å². The van der Waals surface area contributed by atoms with Gasteiger partial charge in [-0.3, -0.25) is 4.79 Å². The number of ether oxygens (including phenoxy) is 1. The van der Waals surface area contributed by atoms with Crippen molar-refractivity contribution in [3.8, 4) is 5.75 Å². The first kappa shape index (κ1) is 12.9. The molecule has 1 amide bonds. The first-order valence-corrected chi connectivity index (χ1v) is 4.67. The third-order valence-electron chi connectivity index (χ3n) is 1.94. The molecule has 0 radical (unpaired) electrons. The maximum atomic E-state index is 10.6. The maximum Gasteiger partial charge on any atom is 0.248 e. The Hall–Kier alpha value is -2.13. The van der Waals surface area contributed by atoms with Gasteiger partial charge in [-0.25, -0.2) is 15.8 Å². The highest BCUT2D eigenvalue weighted by atomic mass is 16.5. The highest BCUT2D eigenvalue weighted by Gasteiger charge is 2.14. The second-order valence-electron chi connectivity index (χ2n) is 3.05. The summed E-state index contributed by atoms with van der Waals surface area (Å²) < 4.78 is 5.03. The van der Waals surface area contributed by atoms with Gasteiger partial charge in [-0.15, -0.1) is 0 Å². The highest BCUT2D eigenvalue weighted by molar-refractivity contribution is 5.79. The fraction of sp³-hybridized carbons (Fsp3) is 0.375. The Kier molecular flexibility index (Phi) is 4.43. The Labute approximate surface area is 97.1 Å². The Bertz CT molecular complexity index is 399. The highest BCUT2D eigenvalue weighted by Crippen LogP contribution is 2.27. The van der Waals surface area contributed by atoms with Crippen LogP contribution in [0.4, 0.5) is 11.6 Å². The van der Waals surface area contributed by atoms with Gasteiger partial charge in [0.05, 0.1) is 13.7 Å². The number of nitrogens with zero attached hydrogens (tertiary/aromatic N) is 2. The molecule has 0 spiro atoms. The Morgan fingerprint density at radius 3 is 2.76 bits per heavy atom. The van der Waals surface area contributed by atoms with E-state index in [9.17, 15) is 9.90 Å². The molecule has 17 heavy (non-hydrogen) atoms. The standard InChI is InChI=1S/C8H14N6O3/c1-17-5-7(11-2-4(15)6(9)16)12-3-13-8(5)14-10/h3-4,15H,2,10H2,1H3,(H2,9,16)(H2,11,12,13,14). The molecule has 0 fully saturated rings. The van der Waals surface area contributed by atoms with Gasteiger partial charge in [0.15, 0.2) is 11.6 Å². The number of hydrogen-bond acceptors (Lipinski definition) is 8. The van der Waals surface area contributed by atoms with E-state index < -0.39 is 12.0 Å². The Balaban J connectivity index is 2.80. The van der Waals surface area contributed by atoms with Crippen LogP contribution in [0.25, 0.3) is 0 Å². The maximum absolute atomic E-state index is 10.6. The number of nitrogens with one attached hydrogen (secondary N) is 2. The Morgan fingerprint density at radius 2 is 2.24 bits per heavy atom. The van der Waals surface area contributed by atoms with Crippen molar-refractivity contribution in [2.75, 3.05) is 24.4 Å². The lowest BCUT2D eigenvalue weighted by molar-refractivity contribution is -0.125. The molecule has 0 aliphatic carbocycles. The van der Waals surface area contributed by atoms with E-state index in [-0.39, 0.29) is 23.9 Å². The van der Waals surface area contributed by atoms with Gasteiger partial charge < -0.3 is 26.3 Å². The number of nitrogen functional groups attached to an aromatic ring is 1. The van der Waals surface area contributed by atoms with Crippen LogP contribution < -0.4 is 27.1 Å². The quantitative estimate of drug-likeness (QED) is 0.285. The monoisotopic (exact) mass is 242 g/mol. The molecule has 0 aliphatic heterocycles. The van der Waals surface area contributed by atoms with Crippen LogP contribution in [0.1, 0.15) is 0 Å². The molecule has 94 valence electrons. The van der Waals surface area contributed by atoms with Crippen LogP contribution in [0.15, 0.2) is 6.33 Å². The third-order valence-corrected chi connectivity index (χ3v) is 1.94. The number of anilines is 2. The van der Waals surface area contributed by atoms with Crippen molar-refractivity contribution in [3.63, 3.8) is 0 Å². The number of hydrogen-bond donors (Lipinski definition) is 5. The van der Waals surface area contributed by atoms with Crippen molar-refractivity contribution in [3.05, 3.63) is 6.33 Å². The summed E-state index contributed by atoms with van der Waals surface area (Å²) in [7, 11) is 1.41. The fourth-order valence-corrected chi connectivity index (χ4v) is 1.09. The first-order valence-electron chi connectivity index (χ1n) is 4.67. The van der Waals surface area contributed by atoms with Gasteiger partial charge in [0, 0.05) is 0 Å². The molecule has 9 nitrogen and oxygen atoms in total. The van der Waals surface area contributed by atoms with Gasteiger partial charge in [0.1, 0.15) is 12.4 Å². The lowest BCUT2D eigenvalue weighted by Gasteiger charge is -2.13. The van der Waals surface area contributed by atoms with Gasteiger partial charge in [0.25, 0.3) is 0 Å². The fourth-order valence-electron chi connectivity index (χ4n) is 1.09. The Morgan fingerprint density at radius 1 is 1.59 bits per heavy atom. The van der Waals surface area contributed by atoms with E-state index in [4.69, 9.17) is 16.3 Å². The van der Waals surface area contributed by atoms with E-state index in [0.29, 0.717) is 0 Å². The number of aliphatic hydroxyl groups excluding tert-OH is 1. The second kappa shape index (κ2) is 5.82. The average Bonchev–Trinajstić information content (AvgIpc) is 2.34. The lowest BCUT2D eigenvalue weighted by Crippen LogP contribution is -2.34. The summed E-state index contributed by atoms with van der Waals surface area (Å²) in [5.74, 6) is 5.23. The second-order valence-corrected chi connectivity index (χ2v) is 3.05. The zero-order chi connectivity index (χ0) is 12.8. The number of rotatable bonds is 6. The molecule has 7 N–H and O–H groups in total. The normalized spacial score (nSPS) is 11.7. The minimum Gasteiger partial charge on any atom is -0.490 e. The number of aliphatic hydroxyl groups is 1. The zero-order valence-corrected chi connectivity index (χ0v) is 9.17. The zero-order valence-electron chi connectivity index (χ0n) is 9.17. The third kappa shape index (κ3) is 3.16. The van der Waals surface area contributed by atoms with Gasteiger partial charge in [-0.2, -0.15) is 0 Å². The molecule has 0 aromatic carbocycles. The minimum absolute atomic E-state index is 0.0906. The predicted octanol–water partition coefficient (Wildman–Crippen LogP) is -1.97. The molecule has 1 unspecified atom stereocenters. The van der Waals surface area contributed by atoms with Crippen LogP contribution >= 0.6 is 0 Å². The number of primary amides is 1. The SMILES string of the molecule is COc1c(NN)ncnc1NCC(O)C(N)=O. The summed E-state index contributed by atoms with van der Waals surface area (Å²) >= 11 is 0. The smallest absolute Gasteiger partial charge is 0.248 e. The molecule has 9 heteroatoms. The number of aromatic nitrogens is 2. The van der Waals surface area contributed by atoms with Crippen LogP contribution in [-0.2, 0) is 4.79 Å². The number of carbonyl (C=O) groups excluding carboxylic acids is 1. The van der Waals surface area contributed by atoms with Gasteiger partial charge >= 0.3 is 0 Å². The molecule has 0 aliphatic rings. The number of hydrazine groups is 1. The number of amides is 1. The molecule has 0 bridgehead atoms. The summed E-state index contributed by atoms with van der Waals surface area (Å²) in [4.78, 5) is 18.3. The average molecular weight is 242 g/mol. The van der Waals surface area contributed by atoms with Crippen LogP contribution in [0.3, 0.4) is 0 Å². The van der Waals surface area contributed by atoms with E-state index in [1.807, 2.05) is 0 Å². The molecule has 1 aromatic heterocycles. The molecule has 1 atom stereocenters. The first-order chi connectivity index (χ1) is 8.10. The van der Waals surface area contributed by atoms with E-state index in [1.165, 1.54) is 13.4 Å². The van der Waals surface area contributed by atoms with Gasteiger partial charge in [0.2, 0.25) is 11.7 Å². The summed E-state index contributed by atoms with van der Waals surface area (Å²) in [5.41, 5.74) is 7.23. The van der Waals surface area contributed by atoms with E-state index in [2.05, 4.69) is 20.7 Å². The molecule has 0 saturated carbocycles. The molecular weight excluding hydrogens is 228 g/mol. The molecular formula is C8H14N6O3. The van der Waals surface area contributed by atoms with Crippen LogP contribution in [0, 0.1) is 0 Å². The number of methoxy groups -OCH3 is 1. The summed E-state index contributed by atoms with van der Waals surface area (Å²) in [5, 5.41) is 11.9. The molecule has 1 rings (SSSR count). The largest absolute Gasteiger partial charge is 0.490 e. The van der Waals surface area contributed by atoms with E-state index in [1.54, 1.807) is 0 Å². The topological polar surface area (TPSA) is 148 Å². The van der Waals surface area contributed by atoms with Crippen LogP contribution in [-0.4, -0.2) is 40.7 Å². The predicted molar refractivity (Wildman–Crippen MR) is 60.1 cm³/mol. The van der Waals surface area contributed by atoms with Crippen molar-refractivity contribution < 1.29 is 14.6 Å². The summed E-state index contributed by atoms with van der Waals surface area (Å²) in [6.45, 7) is -0.0906. The lowest BCUT2D eigenvalue weighted by atomic mass is 10.3. The molecule has 0 saturated heterocycles. The van der Waals surface area contributed by atoms with Crippen molar-refractivity contribution >= 4 is 17.5 Å².